The summed E-state index contributed by atoms with van der Waals surface area (Å²) in [5.74, 6) is 3.76. The van der Waals surface area contributed by atoms with Crippen molar-refractivity contribution in [2.45, 2.75) is 25.7 Å². The Morgan fingerprint density at radius 3 is 2.69 bits per heavy atom. The Morgan fingerprint density at radius 2 is 2.00 bits per heavy atom. The van der Waals surface area contributed by atoms with Crippen LogP contribution in [-0.4, -0.2) is 36.5 Å². The second kappa shape index (κ2) is 3.73. The molecule has 3 saturated carbocycles. The van der Waals surface area contributed by atoms with Gasteiger partial charge in [-0.3, -0.25) is 0 Å². The molecule has 1 N–H and O–H groups in total. The third-order valence-electron chi connectivity index (χ3n) is 5.17. The van der Waals surface area contributed by atoms with Crippen LogP contribution in [-0.2, 0) is 0 Å². The fraction of sp³-hybridized carbons (Fsp3) is 0.923. The van der Waals surface area contributed by atoms with Crippen molar-refractivity contribution in [1.29, 1.82) is 0 Å². The van der Waals surface area contributed by atoms with Gasteiger partial charge in [0, 0.05) is 18.4 Å². The highest BCUT2D eigenvalue weighted by molar-refractivity contribution is 5.92. The second-order valence-corrected chi connectivity index (χ2v) is 6.16. The van der Waals surface area contributed by atoms with Crippen LogP contribution in [0.5, 0.6) is 0 Å². The molecule has 0 amide bonds. The van der Waals surface area contributed by atoms with Crippen LogP contribution in [0.25, 0.3) is 0 Å². The van der Waals surface area contributed by atoms with Gasteiger partial charge in [0.25, 0.3) is 0 Å². The normalized spacial score (nSPS) is 48.2. The SMILES string of the molecule is CN(C)C[C@@H]1/C(=N/O)[C@@H]2C[C@H]1[C@H]1CCC[C@H]12. The van der Waals surface area contributed by atoms with Gasteiger partial charge in [-0.1, -0.05) is 11.6 Å². The summed E-state index contributed by atoms with van der Waals surface area (Å²) in [6.45, 7) is 1.06. The van der Waals surface area contributed by atoms with E-state index < -0.39 is 0 Å². The Balaban J connectivity index is 1.85. The van der Waals surface area contributed by atoms with Crippen molar-refractivity contribution in [2.24, 2.45) is 34.7 Å². The molecule has 3 heteroatoms. The molecular formula is C13H22N2O. The predicted molar refractivity (Wildman–Crippen MR) is 63.7 cm³/mol. The number of fused-ring (bicyclic) bond motifs is 5. The maximum atomic E-state index is 9.26. The monoisotopic (exact) mass is 222 g/mol. The van der Waals surface area contributed by atoms with Crippen LogP contribution in [0.4, 0.5) is 0 Å². The Hall–Kier alpha value is -0.570. The predicted octanol–water partition coefficient (Wildman–Crippen LogP) is 2.06. The number of oxime groups is 1. The minimum Gasteiger partial charge on any atom is -0.411 e. The summed E-state index contributed by atoms with van der Waals surface area (Å²) in [6.07, 6.45) is 5.50. The molecule has 0 unspecified atom stereocenters. The summed E-state index contributed by atoms with van der Waals surface area (Å²) in [6, 6.07) is 0. The molecule has 0 aliphatic heterocycles. The average Bonchev–Trinajstić information content (AvgIpc) is 2.84. The highest BCUT2D eigenvalue weighted by Crippen LogP contribution is 2.59. The quantitative estimate of drug-likeness (QED) is 0.573. The molecule has 0 aromatic rings. The van der Waals surface area contributed by atoms with Gasteiger partial charge in [-0.25, -0.2) is 0 Å². The summed E-state index contributed by atoms with van der Waals surface area (Å²) >= 11 is 0. The largest absolute Gasteiger partial charge is 0.411 e. The molecule has 0 aromatic heterocycles. The van der Waals surface area contributed by atoms with E-state index in [4.69, 9.17) is 0 Å². The van der Waals surface area contributed by atoms with Crippen LogP contribution >= 0.6 is 0 Å². The lowest BCUT2D eigenvalue weighted by atomic mass is 9.74. The van der Waals surface area contributed by atoms with Crippen LogP contribution in [0.2, 0.25) is 0 Å². The molecule has 16 heavy (non-hydrogen) atoms. The first-order chi connectivity index (χ1) is 7.72. The minimum absolute atomic E-state index is 0.532. The lowest BCUT2D eigenvalue weighted by Crippen LogP contribution is -2.38. The van der Waals surface area contributed by atoms with Crippen LogP contribution < -0.4 is 0 Å². The van der Waals surface area contributed by atoms with E-state index in [2.05, 4.69) is 24.2 Å². The van der Waals surface area contributed by atoms with Crippen molar-refractivity contribution in [3.63, 3.8) is 0 Å². The zero-order chi connectivity index (χ0) is 11.3. The van der Waals surface area contributed by atoms with Crippen molar-refractivity contribution in [3.05, 3.63) is 0 Å². The van der Waals surface area contributed by atoms with Crippen molar-refractivity contribution in [2.75, 3.05) is 20.6 Å². The fourth-order valence-corrected chi connectivity index (χ4v) is 4.76. The van der Waals surface area contributed by atoms with E-state index in [1.165, 1.54) is 25.7 Å². The van der Waals surface area contributed by atoms with Gasteiger partial charge >= 0.3 is 0 Å². The molecule has 2 bridgehead atoms. The van der Waals surface area contributed by atoms with Crippen LogP contribution in [0, 0.1) is 29.6 Å². The van der Waals surface area contributed by atoms with E-state index in [0.29, 0.717) is 11.8 Å². The first-order valence-corrected chi connectivity index (χ1v) is 6.59. The van der Waals surface area contributed by atoms with Gasteiger partial charge in [-0.2, -0.15) is 0 Å². The summed E-state index contributed by atoms with van der Waals surface area (Å²) in [4.78, 5) is 2.24. The number of hydrogen-bond donors (Lipinski definition) is 1. The molecule has 0 saturated heterocycles. The first kappa shape index (κ1) is 10.6. The van der Waals surface area contributed by atoms with E-state index in [9.17, 15) is 5.21 Å². The molecule has 0 radical (unpaired) electrons. The van der Waals surface area contributed by atoms with Crippen molar-refractivity contribution in [3.8, 4) is 0 Å². The maximum Gasteiger partial charge on any atom is 0.0651 e. The van der Waals surface area contributed by atoms with Crippen LogP contribution in [0.1, 0.15) is 25.7 Å². The van der Waals surface area contributed by atoms with E-state index in [1.807, 2.05) is 0 Å². The van der Waals surface area contributed by atoms with Crippen LogP contribution in [0.3, 0.4) is 0 Å². The lowest BCUT2D eigenvalue weighted by molar-refractivity contribution is 0.224. The second-order valence-electron chi connectivity index (χ2n) is 6.16. The van der Waals surface area contributed by atoms with E-state index >= 15 is 0 Å². The summed E-state index contributed by atoms with van der Waals surface area (Å²) < 4.78 is 0. The number of hydrogen-bond acceptors (Lipinski definition) is 3. The van der Waals surface area contributed by atoms with Gasteiger partial charge in [0.05, 0.1) is 5.71 Å². The lowest BCUT2D eigenvalue weighted by Gasteiger charge is -2.33. The molecule has 0 spiro atoms. The van der Waals surface area contributed by atoms with Gasteiger partial charge in [-0.15, -0.1) is 0 Å². The minimum atomic E-state index is 0.532. The molecule has 3 nitrogen and oxygen atoms in total. The van der Waals surface area contributed by atoms with Gasteiger partial charge in [0.1, 0.15) is 0 Å². The zero-order valence-electron chi connectivity index (χ0n) is 10.3. The third kappa shape index (κ3) is 1.33. The zero-order valence-corrected chi connectivity index (χ0v) is 10.3. The number of nitrogens with zero attached hydrogens (tertiary/aromatic N) is 2. The smallest absolute Gasteiger partial charge is 0.0651 e. The van der Waals surface area contributed by atoms with E-state index in [1.54, 1.807) is 0 Å². The third-order valence-corrected chi connectivity index (χ3v) is 5.17. The summed E-state index contributed by atoms with van der Waals surface area (Å²) in [5.41, 5.74) is 1.13. The Labute approximate surface area is 97.5 Å². The van der Waals surface area contributed by atoms with Gasteiger partial charge < -0.3 is 10.1 Å². The topological polar surface area (TPSA) is 35.8 Å². The van der Waals surface area contributed by atoms with Crippen molar-refractivity contribution < 1.29 is 5.21 Å². The fourth-order valence-electron chi connectivity index (χ4n) is 4.76. The molecule has 3 fully saturated rings. The molecule has 0 aromatic carbocycles. The van der Waals surface area contributed by atoms with E-state index in [0.717, 1.165) is 30.0 Å². The van der Waals surface area contributed by atoms with E-state index in [-0.39, 0.29) is 0 Å². The molecule has 3 aliphatic rings. The Morgan fingerprint density at radius 1 is 1.25 bits per heavy atom. The molecular weight excluding hydrogens is 200 g/mol. The van der Waals surface area contributed by atoms with Crippen molar-refractivity contribution >= 4 is 5.71 Å². The number of rotatable bonds is 2. The summed E-state index contributed by atoms with van der Waals surface area (Å²) in [7, 11) is 4.24. The first-order valence-electron chi connectivity index (χ1n) is 6.59. The molecule has 0 heterocycles. The highest BCUT2D eigenvalue weighted by Gasteiger charge is 2.57. The standard InChI is InChI=1S/C13H22N2O/c1-15(2)7-12-10-6-11(13(12)14-16)9-5-3-4-8(9)10/h8-12,16H,3-7H2,1-2H3/b14-13+/t8-,9+,10-,11+,12-/m0/s1. The summed E-state index contributed by atoms with van der Waals surface area (Å²) in [5, 5.41) is 12.9. The maximum absolute atomic E-state index is 9.26. The molecule has 5 atom stereocenters. The Kier molecular flexibility index (Phi) is 2.46. The molecule has 3 aliphatic carbocycles. The van der Waals surface area contributed by atoms with Gasteiger partial charge in [0.2, 0.25) is 0 Å². The Bertz CT molecular complexity index is 313. The van der Waals surface area contributed by atoms with Gasteiger partial charge in [-0.05, 0) is 51.1 Å². The van der Waals surface area contributed by atoms with Crippen molar-refractivity contribution in [1.82, 2.24) is 4.90 Å². The molecule has 3 rings (SSSR count). The van der Waals surface area contributed by atoms with Gasteiger partial charge in [0.15, 0.2) is 0 Å². The average molecular weight is 222 g/mol. The highest BCUT2D eigenvalue weighted by atomic mass is 16.4. The molecule has 90 valence electrons. The van der Waals surface area contributed by atoms with Crippen LogP contribution in [0.15, 0.2) is 5.16 Å².